The Balaban J connectivity index is 0.00000261. The minimum Gasteiger partial charge on any atom is -0.488 e. The highest BCUT2D eigenvalue weighted by Crippen LogP contribution is 2.40. The Morgan fingerprint density at radius 3 is 2.11 bits per heavy atom. The summed E-state index contributed by atoms with van der Waals surface area (Å²) in [5.74, 6) is 0.383. The van der Waals surface area contributed by atoms with E-state index >= 15 is 0 Å². The molecule has 3 rings (SSSR count). The van der Waals surface area contributed by atoms with Crippen LogP contribution in [0.25, 0.3) is 11.1 Å². The summed E-state index contributed by atoms with van der Waals surface area (Å²) < 4.78 is 46.1. The topological polar surface area (TPSA) is 35.2 Å². The molecule has 0 amide bonds. The molecule has 27 heavy (non-hydrogen) atoms. The van der Waals surface area contributed by atoms with Crippen LogP contribution in [0.2, 0.25) is 0 Å². The zero-order valence-electron chi connectivity index (χ0n) is 14.4. The van der Waals surface area contributed by atoms with E-state index in [1.807, 2.05) is 30.3 Å². The number of ether oxygens (including phenoxy) is 1. The van der Waals surface area contributed by atoms with Crippen LogP contribution in [-0.2, 0) is 19.3 Å². The van der Waals surface area contributed by atoms with Gasteiger partial charge in [0, 0.05) is 12.1 Å². The van der Waals surface area contributed by atoms with E-state index in [1.165, 1.54) is 12.1 Å². The number of hydrogen-bond donors (Lipinski definition) is 1. The van der Waals surface area contributed by atoms with E-state index in [0.717, 1.165) is 17.2 Å². The molecule has 0 bridgehead atoms. The first-order valence-corrected chi connectivity index (χ1v) is 8.15. The normalized spacial score (nSPS) is 11.0. The van der Waals surface area contributed by atoms with Gasteiger partial charge in [-0.25, -0.2) is 0 Å². The van der Waals surface area contributed by atoms with Crippen LogP contribution in [-0.4, -0.2) is 0 Å². The lowest BCUT2D eigenvalue weighted by Crippen LogP contribution is -2.08. The Kier molecular flexibility index (Phi) is 6.88. The van der Waals surface area contributed by atoms with Crippen LogP contribution < -0.4 is 10.5 Å². The van der Waals surface area contributed by atoms with E-state index in [0.29, 0.717) is 11.3 Å². The standard InChI is InChI=1S/C21H18F3NO.ClH/c22-21(23,24)19-9-5-4-8-17(19)18-11-10-16(13-25)12-20(18)26-14-15-6-2-1-3-7-15;/h1-12H,13-14,25H2;1H. The van der Waals surface area contributed by atoms with Gasteiger partial charge < -0.3 is 10.5 Å². The summed E-state index contributed by atoms with van der Waals surface area (Å²) in [5.41, 5.74) is 7.20. The lowest BCUT2D eigenvalue weighted by Gasteiger charge is -2.17. The molecule has 2 nitrogen and oxygen atoms in total. The second-order valence-corrected chi connectivity index (χ2v) is 5.85. The Morgan fingerprint density at radius 1 is 0.778 bits per heavy atom. The lowest BCUT2D eigenvalue weighted by molar-refractivity contribution is -0.137. The van der Waals surface area contributed by atoms with Gasteiger partial charge in [0.25, 0.3) is 0 Å². The van der Waals surface area contributed by atoms with Crippen LogP contribution in [0, 0.1) is 0 Å². The zero-order chi connectivity index (χ0) is 18.6. The van der Waals surface area contributed by atoms with Gasteiger partial charge in [-0.15, -0.1) is 12.4 Å². The smallest absolute Gasteiger partial charge is 0.417 e. The van der Waals surface area contributed by atoms with E-state index in [2.05, 4.69) is 0 Å². The molecule has 0 heterocycles. The maximum absolute atomic E-state index is 13.4. The summed E-state index contributed by atoms with van der Waals surface area (Å²) in [6.07, 6.45) is -4.44. The fourth-order valence-corrected chi connectivity index (χ4v) is 2.74. The van der Waals surface area contributed by atoms with Crippen molar-refractivity contribution in [2.75, 3.05) is 0 Å². The molecule has 0 aliphatic carbocycles. The van der Waals surface area contributed by atoms with Crippen molar-refractivity contribution < 1.29 is 17.9 Å². The van der Waals surface area contributed by atoms with Crippen LogP contribution >= 0.6 is 12.4 Å². The third-order valence-electron chi connectivity index (χ3n) is 4.04. The highest BCUT2D eigenvalue weighted by atomic mass is 35.5. The van der Waals surface area contributed by atoms with E-state index in [4.69, 9.17) is 10.5 Å². The molecule has 0 aliphatic rings. The Hall–Kier alpha value is -2.50. The molecule has 0 fully saturated rings. The molecule has 0 spiro atoms. The highest BCUT2D eigenvalue weighted by molar-refractivity contribution is 5.85. The monoisotopic (exact) mass is 393 g/mol. The van der Waals surface area contributed by atoms with E-state index < -0.39 is 11.7 Å². The van der Waals surface area contributed by atoms with Crippen molar-refractivity contribution in [1.29, 1.82) is 0 Å². The largest absolute Gasteiger partial charge is 0.488 e. The van der Waals surface area contributed by atoms with Crippen molar-refractivity contribution in [2.45, 2.75) is 19.3 Å². The van der Waals surface area contributed by atoms with Crippen LogP contribution in [0.3, 0.4) is 0 Å². The van der Waals surface area contributed by atoms with Crippen molar-refractivity contribution in [3.63, 3.8) is 0 Å². The van der Waals surface area contributed by atoms with E-state index in [-0.39, 0.29) is 31.1 Å². The number of rotatable bonds is 5. The minimum absolute atomic E-state index is 0. The van der Waals surface area contributed by atoms with Crippen LogP contribution in [0.4, 0.5) is 13.2 Å². The average Bonchev–Trinajstić information content (AvgIpc) is 2.66. The van der Waals surface area contributed by atoms with Gasteiger partial charge in [-0.3, -0.25) is 0 Å². The first kappa shape index (κ1) is 20.8. The molecule has 3 aromatic carbocycles. The predicted molar refractivity (Wildman–Crippen MR) is 103 cm³/mol. The van der Waals surface area contributed by atoms with Gasteiger partial charge in [0.2, 0.25) is 0 Å². The van der Waals surface area contributed by atoms with Crippen molar-refractivity contribution in [3.8, 4) is 16.9 Å². The Morgan fingerprint density at radius 2 is 1.44 bits per heavy atom. The first-order chi connectivity index (χ1) is 12.5. The Labute approximate surface area is 162 Å². The molecule has 0 radical (unpaired) electrons. The van der Waals surface area contributed by atoms with Gasteiger partial charge in [-0.05, 0) is 28.8 Å². The molecule has 0 saturated heterocycles. The molecule has 0 saturated carbocycles. The fraction of sp³-hybridized carbons (Fsp3) is 0.143. The van der Waals surface area contributed by atoms with Gasteiger partial charge in [0.15, 0.2) is 0 Å². The lowest BCUT2D eigenvalue weighted by atomic mass is 9.97. The van der Waals surface area contributed by atoms with Crippen LogP contribution in [0.1, 0.15) is 16.7 Å². The number of halogens is 4. The summed E-state index contributed by atoms with van der Waals surface area (Å²) in [6.45, 7) is 0.541. The number of nitrogens with two attached hydrogens (primary N) is 1. The quantitative estimate of drug-likeness (QED) is 0.591. The van der Waals surface area contributed by atoms with Gasteiger partial charge in [0.1, 0.15) is 12.4 Å². The maximum atomic E-state index is 13.4. The number of hydrogen-bond acceptors (Lipinski definition) is 2. The van der Waals surface area contributed by atoms with Crippen molar-refractivity contribution in [2.24, 2.45) is 5.73 Å². The molecular formula is C21H19ClF3NO. The summed E-state index contributed by atoms with van der Waals surface area (Å²) in [6, 6.07) is 20.0. The van der Waals surface area contributed by atoms with E-state index in [9.17, 15) is 13.2 Å². The second-order valence-electron chi connectivity index (χ2n) is 5.85. The summed E-state index contributed by atoms with van der Waals surface area (Å²) in [4.78, 5) is 0. The number of benzene rings is 3. The molecule has 142 valence electrons. The summed E-state index contributed by atoms with van der Waals surface area (Å²) in [5, 5.41) is 0. The van der Waals surface area contributed by atoms with Crippen molar-refractivity contribution >= 4 is 12.4 Å². The highest BCUT2D eigenvalue weighted by Gasteiger charge is 2.33. The molecule has 0 atom stereocenters. The minimum atomic E-state index is -4.44. The summed E-state index contributed by atoms with van der Waals surface area (Å²) in [7, 11) is 0. The molecule has 6 heteroatoms. The van der Waals surface area contributed by atoms with Crippen molar-refractivity contribution in [3.05, 3.63) is 89.5 Å². The zero-order valence-corrected chi connectivity index (χ0v) is 15.2. The third-order valence-corrected chi connectivity index (χ3v) is 4.04. The van der Waals surface area contributed by atoms with Gasteiger partial charge in [0.05, 0.1) is 5.56 Å². The predicted octanol–water partition coefficient (Wildman–Crippen LogP) is 5.83. The maximum Gasteiger partial charge on any atom is 0.417 e. The average molecular weight is 394 g/mol. The molecule has 0 aliphatic heterocycles. The summed E-state index contributed by atoms with van der Waals surface area (Å²) >= 11 is 0. The van der Waals surface area contributed by atoms with Crippen LogP contribution in [0.15, 0.2) is 72.8 Å². The van der Waals surface area contributed by atoms with Gasteiger partial charge in [-0.1, -0.05) is 60.7 Å². The second kappa shape index (κ2) is 8.93. The van der Waals surface area contributed by atoms with Gasteiger partial charge >= 0.3 is 6.18 Å². The molecule has 3 aromatic rings. The Bertz CT molecular complexity index is 882. The third kappa shape index (κ3) is 5.02. The molecule has 0 unspecified atom stereocenters. The molecular weight excluding hydrogens is 375 g/mol. The van der Waals surface area contributed by atoms with Crippen molar-refractivity contribution in [1.82, 2.24) is 0 Å². The molecule has 2 N–H and O–H groups in total. The van der Waals surface area contributed by atoms with E-state index in [1.54, 1.807) is 24.3 Å². The first-order valence-electron chi connectivity index (χ1n) is 8.15. The SMILES string of the molecule is Cl.NCc1ccc(-c2ccccc2C(F)(F)F)c(OCc2ccccc2)c1. The fourth-order valence-electron chi connectivity index (χ4n) is 2.74. The number of alkyl halides is 3. The molecule has 0 aromatic heterocycles. The van der Waals surface area contributed by atoms with Crippen LogP contribution in [0.5, 0.6) is 5.75 Å². The van der Waals surface area contributed by atoms with Gasteiger partial charge in [-0.2, -0.15) is 13.2 Å².